The monoisotopic (exact) mass is 353 g/mol. The van der Waals surface area contributed by atoms with Crippen LogP contribution in [0.25, 0.3) is 17.4 Å². The van der Waals surface area contributed by atoms with Gasteiger partial charge >= 0.3 is 5.97 Å². The molecule has 0 bridgehead atoms. The number of likely N-dealkylation sites (N-methyl/N-ethyl adjacent to an activating group) is 1. The van der Waals surface area contributed by atoms with Gasteiger partial charge in [-0.2, -0.15) is 0 Å². The van der Waals surface area contributed by atoms with E-state index in [1.807, 2.05) is 6.92 Å². The van der Waals surface area contributed by atoms with E-state index in [-0.39, 0.29) is 17.8 Å². The normalized spacial score (nSPS) is 15.5. The molecule has 1 saturated heterocycles. The molecule has 1 amide bonds. The smallest absolute Gasteiger partial charge is 0.338 e. The van der Waals surface area contributed by atoms with E-state index in [0.717, 1.165) is 12.0 Å². The van der Waals surface area contributed by atoms with Crippen molar-refractivity contribution >= 4 is 23.9 Å². The van der Waals surface area contributed by atoms with Gasteiger partial charge in [-0.1, -0.05) is 19.1 Å². The number of hydrogen-bond donors (Lipinski definition) is 2. The average molecular weight is 353 g/mol. The molecule has 1 fully saturated rings. The summed E-state index contributed by atoms with van der Waals surface area (Å²) < 4.78 is 10.9. The lowest BCUT2D eigenvalue weighted by atomic mass is 10.1. The van der Waals surface area contributed by atoms with Gasteiger partial charge in [0.25, 0.3) is 5.91 Å². The zero-order valence-electron chi connectivity index (χ0n) is 14.5. The van der Waals surface area contributed by atoms with Crippen molar-refractivity contribution in [2.24, 2.45) is 0 Å². The third-order valence-corrected chi connectivity index (χ3v) is 3.91. The number of carbonyl (C=O) groups is 2. The van der Waals surface area contributed by atoms with E-state index in [1.54, 1.807) is 49.5 Å². The van der Waals surface area contributed by atoms with Gasteiger partial charge in [0.05, 0.1) is 12.2 Å². The van der Waals surface area contributed by atoms with Gasteiger partial charge in [0.15, 0.2) is 0 Å². The highest BCUT2D eigenvalue weighted by Crippen LogP contribution is 2.25. The molecule has 1 aromatic carbocycles. The predicted octanol–water partition coefficient (Wildman–Crippen LogP) is 2.85. The molecule has 0 aliphatic carbocycles. The lowest BCUT2D eigenvalue weighted by molar-refractivity contribution is -0.115. The topological polar surface area (TPSA) is 95.6 Å². The number of nitrogens with one attached hydrogen (secondary N) is 2. The first-order valence-corrected chi connectivity index (χ1v) is 8.22. The third-order valence-electron chi connectivity index (χ3n) is 3.91. The molecule has 2 aromatic rings. The van der Waals surface area contributed by atoms with Crippen molar-refractivity contribution in [2.75, 3.05) is 13.7 Å². The van der Waals surface area contributed by atoms with Crippen molar-refractivity contribution in [3.05, 3.63) is 53.4 Å². The quantitative estimate of drug-likeness (QED) is 0.636. The Morgan fingerprint density at radius 1 is 1.27 bits per heavy atom. The molecular formula is C19H19N3O4. The summed E-state index contributed by atoms with van der Waals surface area (Å²) in [6.45, 7) is 2.34. The number of amides is 1. The zero-order valence-corrected chi connectivity index (χ0v) is 14.5. The fourth-order valence-corrected chi connectivity index (χ4v) is 2.46. The predicted molar refractivity (Wildman–Crippen MR) is 96.3 cm³/mol. The Morgan fingerprint density at radius 2 is 2.00 bits per heavy atom. The first-order chi connectivity index (χ1) is 12.5. The van der Waals surface area contributed by atoms with Gasteiger partial charge in [-0.25, -0.2) is 4.79 Å². The van der Waals surface area contributed by atoms with Crippen LogP contribution in [0.15, 0.2) is 46.5 Å². The van der Waals surface area contributed by atoms with Gasteiger partial charge in [-0.05, 0) is 30.7 Å². The van der Waals surface area contributed by atoms with Gasteiger partial charge in [-0.3, -0.25) is 15.5 Å². The second kappa shape index (κ2) is 7.26. The number of hydrogen-bond acceptors (Lipinski definition) is 5. The van der Waals surface area contributed by atoms with Crippen LogP contribution in [0.3, 0.4) is 0 Å². The van der Waals surface area contributed by atoms with Crippen molar-refractivity contribution in [3.63, 3.8) is 0 Å². The number of esters is 1. The summed E-state index contributed by atoms with van der Waals surface area (Å²) in [6.07, 6.45) is 2.36. The zero-order chi connectivity index (χ0) is 18.7. The van der Waals surface area contributed by atoms with Gasteiger partial charge in [0, 0.05) is 18.7 Å². The van der Waals surface area contributed by atoms with E-state index < -0.39 is 0 Å². The number of rotatable bonds is 5. The first kappa shape index (κ1) is 17.5. The summed E-state index contributed by atoms with van der Waals surface area (Å²) in [5.74, 6) is 0.449. The molecule has 0 atom stereocenters. The molecule has 134 valence electrons. The maximum atomic E-state index is 11.8. The van der Waals surface area contributed by atoms with Crippen LogP contribution >= 0.6 is 0 Å². The molecule has 1 aliphatic rings. The first-order valence-electron chi connectivity index (χ1n) is 8.22. The summed E-state index contributed by atoms with van der Waals surface area (Å²) in [7, 11) is 1.63. The lowest BCUT2D eigenvalue weighted by Crippen LogP contribution is -2.25. The molecule has 3 rings (SSSR count). The van der Waals surface area contributed by atoms with E-state index in [9.17, 15) is 9.59 Å². The molecule has 0 radical (unpaired) electrons. The SMILES string of the molecule is CCCOC(=O)c1ccc(-c2ccc(/C=C3\C(=O)NC(=N)N3C)o2)cc1. The van der Waals surface area contributed by atoms with Crippen molar-refractivity contribution in [2.45, 2.75) is 13.3 Å². The minimum Gasteiger partial charge on any atom is -0.462 e. The van der Waals surface area contributed by atoms with Crippen LogP contribution in [0, 0.1) is 5.41 Å². The number of carbonyl (C=O) groups excluding carboxylic acids is 2. The van der Waals surface area contributed by atoms with E-state index in [1.165, 1.54) is 4.90 Å². The summed E-state index contributed by atoms with van der Waals surface area (Å²) >= 11 is 0. The molecule has 2 heterocycles. The number of benzene rings is 1. The van der Waals surface area contributed by atoms with Crippen LogP contribution in [-0.4, -0.2) is 36.4 Å². The largest absolute Gasteiger partial charge is 0.462 e. The maximum absolute atomic E-state index is 11.8. The fourth-order valence-electron chi connectivity index (χ4n) is 2.46. The van der Waals surface area contributed by atoms with Crippen molar-refractivity contribution in [1.82, 2.24) is 10.2 Å². The highest BCUT2D eigenvalue weighted by Gasteiger charge is 2.27. The average Bonchev–Trinajstić information content (AvgIpc) is 3.20. The fraction of sp³-hybridized carbons (Fsp3) is 0.211. The number of nitrogens with zero attached hydrogens (tertiary/aromatic N) is 1. The van der Waals surface area contributed by atoms with Gasteiger partial charge in [0.2, 0.25) is 5.96 Å². The summed E-state index contributed by atoms with van der Waals surface area (Å²) in [5.41, 5.74) is 1.63. The minimum atomic E-state index is -0.346. The van der Waals surface area contributed by atoms with Crippen LogP contribution in [-0.2, 0) is 9.53 Å². The molecule has 1 aliphatic heterocycles. The Labute approximate surface area is 150 Å². The Kier molecular flexibility index (Phi) is 4.88. The van der Waals surface area contributed by atoms with Crippen LogP contribution in [0.4, 0.5) is 0 Å². The Morgan fingerprint density at radius 3 is 2.62 bits per heavy atom. The van der Waals surface area contributed by atoms with Crippen molar-refractivity contribution < 1.29 is 18.7 Å². The second-order valence-electron chi connectivity index (χ2n) is 5.81. The number of ether oxygens (including phenoxy) is 1. The molecule has 7 heteroatoms. The van der Waals surface area contributed by atoms with Crippen LogP contribution < -0.4 is 5.32 Å². The summed E-state index contributed by atoms with van der Waals surface area (Å²) in [5, 5.41) is 10.0. The van der Waals surface area contributed by atoms with E-state index >= 15 is 0 Å². The molecule has 1 aromatic heterocycles. The maximum Gasteiger partial charge on any atom is 0.338 e. The van der Waals surface area contributed by atoms with Crippen molar-refractivity contribution in [1.29, 1.82) is 5.41 Å². The van der Waals surface area contributed by atoms with E-state index in [4.69, 9.17) is 14.6 Å². The molecule has 0 saturated carbocycles. The van der Waals surface area contributed by atoms with E-state index in [0.29, 0.717) is 29.4 Å². The van der Waals surface area contributed by atoms with Gasteiger partial charge in [-0.15, -0.1) is 0 Å². The molecule has 0 spiro atoms. The highest BCUT2D eigenvalue weighted by molar-refractivity contribution is 6.14. The summed E-state index contributed by atoms with van der Waals surface area (Å²) in [6, 6.07) is 10.5. The Balaban J connectivity index is 1.77. The standard InChI is InChI=1S/C19H19N3O4/c1-3-10-25-18(24)13-6-4-12(5-7-13)16-9-8-14(26-16)11-15-17(23)21-19(20)22(15)2/h4-9,11H,3,10H2,1-2H3,(H2,20,21,23)/b15-11+. The second-order valence-corrected chi connectivity index (χ2v) is 5.81. The minimum absolute atomic E-state index is 0.0265. The van der Waals surface area contributed by atoms with E-state index in [2.05, 4.69) is 5.32 Å². The molecule has 26 heavy (non-hydrogen) atoms. The van der Waals surface area contributed by atoms with Gasteiger partial charge < -0.3 is 14.1 Å². The van der Waals surface area contributed by atoms with Crippen LogP contribution in [0.1, 0.15) is 29.5 Å². The van der Waals surface area contributed by atoms with Crippen LogP contribution in [0.2, 0.25) is 0 Å². The lowest BCUT2D eigenvalue weighted by Gasteiger charge is -2.07. The number of guanidine groups is 1. The van der Waals surface area contributed by atoms with Gasteiger partial charge in [0.1, 0.15) is 17.2 Å². The number of furan rings is 1. The van der Waals surface area contributed by atoms with Crippen LogP contribution in [0.5, 0.6) is 0 Å². The molecular weight excluding hydrogens is 334 g/mol. The Bertz CT molecular complexity index is 880. The van der Waals surface area contributed by atoms with Crippen molar-refractivity contribution in [3.8, 4) is 11.3 Å². The summed E-state index contributed by atoms with van der Waals surface area (Å²) in [4.78, 5) is 25.1. The molecule has 2 N–H and O–H groups in total. The molecule has 0 unspecified atom stereocenters. The third kappa shape index (κ3) is 3.51. The Hall–Kier alpha value is -3.35. The molecule has 7 nitrogen and oxygen atoms in total. The highest BCUT2D eigenvalue weighted by atomic mass is 16.5.